The Morgan fingerprint density at radius 1 is 1.14 bits per heavy atom. The number of amides is 2. The second-order valence-corrected chi connectivity index (χ2v) is 9.61. The number of fused-ring (bicyclic) bond motifs is 1. The largest absolute Gasteiger partial charge is 0.382 e. The second kappa shape index (κ2) is 11.0. The molecule has 1 unspecified atom stereocenters. The van der Waals surface area contributed by atoms with Gasteiger partial charge < -0.3 is 14.8 Å². The highest BCUT2D eigenvalue weighted by Gasteiger charge is 2.31. The summed E-state index contributed by atoms with van der Waals surface area (Å²) >= 11 is 0. The van der Waals surface area contributed by atoms with Gasteiger partial charge in [0.2, 0.25) is 11.8 Å². The van der Waals surface area contributed by atoms with E-state index < -0.39 is 11.9 Å². The van der Waals surface area contributed by atoms with Crippen LogP contribution in [-0.2, 0) is 19.1 Å². The minimum Gasteiger partial charge on any atom is -0.382 e. The van der Waals surface area contributed by atoms with Crippen LogP contribution in [-0.4, -0.2) is 103 Å². The first-order valence-corrected chi connectivity index (χ1v) is 12.7. The Morgan fingerprint density at radius 2 is 1.94 bits per heavy atom. The van der Waals surface area contributed by atoms with Gasteiger partial charge in [-0.2, -0.15) is 0 Å². The molecule has 0 bridgehead atoms. The number of benzene rings is 1. The fourth-order valence-corrected chi connectivity index (χ4v) is 5.14. The van der Waals surface area contributed by atoms with Gasteiger partial charge in [-0.1, -0.05) is 6.07 Å². The second-order valence-electron chi connectivity index (χ2n) is 9.61. The Kier molecular flexibility index (Phi) is 7.61. The molecule has 0 radical (unpaired) electrons. The van der Waals surface area contributed by atoms with Gasteiger partial charge in [-0.3, -0.25) is 34.1 Å². The number of carbonyl (C=O) groups excluding carboxylic acids is 2. The lowest BCUT2D eigenvalue weighted by molar-refractivity contribution is -0.135. The Hall–Kier alpha value is -2.86. The molecule has 3 saturated heterocycles. The van der Waals surface area contributed by atoms with Gasteiger partial charge in [0.05, 0.1) is 43.4 Å². The van der Waals surface area contributed by atoms with E-state index in [1.807, 2.05) is 12.1 Å². The van der Waals surface area contributed by atoms with E-state index in [0.29, 0.717) is 48.2 Å². The van der Waals surface area contributed by atoms with Crippen LogP contribution in [0.3, 0.4) is 0 Å². The van der Waals surface area contributed by atoms with Gasteiger partial charge in [-0.25, -0.2) is 4.98 Å². The van der Waals surface area contributed by atoms with Crippen LogP contribution in [0.15, 0.2) is 23.0 Å². The zero-order valence-corrected chi connectivity index (χ0v) is 20.7. The maximum Gasteiger partial charge on any atom is 0.264 e. The fraction of sp³-hybridized carbons (Fsp3) is 0.600. The summed E-state index contributed by atoms with van der Waals surface area (Å²) < 4.78 is 12.5. The fourth-order valence-electron chi connectivity index (χ4n) is 5.14. The van der Waals surface area contributed by atoms with Crippen molar-refractivity contribution in [1.29, 1.82) is 0 Å². The normalized spacial score (nSPS) is 22.0. The molecule has 0 aliphatic carbocycles. The molecule has 1 atom stereocenters. The van der Waals surface area contributed by atoms with Crippen molar-refractivity contribution in [3.63, 3.8) is 0 Å². The van der Waals surface area contributed by atoms with Crippen LogP contribution in [0.5, 0.6) is 0 Å². The standard InChI is InChI=1S/C25H34N6O5/c1-17-27-20-4-2-3-19(23(20)25(34)31(17)21-5-6-22(32)28-24(21)33)26-7-13-35-14-12-29-8-10-30(11-9-29)18-15-36-16-18/h2-4,18,21,26H,5-16H2,1H3,(H,28,32,33). The maximum absolute atomic E-state index is 13.5. The number of nitrogens with one attached hydrogen (secondary N) is 2. The number of imide groups is 1. The summed E-state index contributed by atoms with van der Waals surface area (Å²) in [5.74, 6) is -0.330. The third-order valence-corrected chi connectivity index (χ3v) is 7.29. The van der Waals surface area contributed by atoms with Crippen LogP contribution in [0.2, 0.25) is 0 Å². The SMILES string of the molecule is Cc1nc2cccc(NCCOCCN3CCN(C4COC4)CC3)c2c(=O)n1C1CCC(=O)NC1=O. The van der Waals surface area contributed by atoms with Crippen LogP contribution >= 0.6 is 0 Å². The number of hydrogen-bond donors (Lipinski definition) is 2. The molecule has 11 nitrogen and oxygen atoms in total. The molecule has 2 aromatic rings. The zero-order valence-electron chi connectivity index (χ0n) is 20.7. The summed E-state index contributed by atoms with van der Waals surface area (Å²) in [7, 11) is 0. The number of ether oxygens (including phenoxy) is 2. The number of anilines is 1. The minimum absolute atomic E-state index is 0.197. The van der Waals surface area contributed by atoms with Crippen molar-refractivity contribution < 1.29 is 19.1 Å². The van der Waals surface area contributed by atoms with E-state index >= 15 is 0 Å². The Balaban J connectivity index is 1.15. The summed E-state index contributed by atoms with van der Waals surface area (Å²) in [5, 5.41) is 6.06. The summed E-state index contributed by atoms with van der Waals surface area (Å²) in [6.07, 6.45) is 0.481. The predicted octanol–water partition coefficient (Wildman–Crippen LogP) is 0.128. The van der Waals surface area contributed by atoms with Crippen molar-refractivity contribution in [3.8, 4) is 0 Å². The van der Waals surface area contributed by atoms with Crippen molar-refractivity contribution in [2.45, 2.75) is 31.8 Å². The van der Waals surface area contributed by atoms with Gasteiger partial charge in [0.1, 0.15) is 11.9 Å². The van der Waals surface area contributed by atoms with Crippen molar-refractivity contribution in [3.05, 3.63) is 34.4 Å². The van der Waals surface area contributed by atoms with Crippen LogP contribution in [0.25, 0.3) is 10.9 Å². The lowest BCUT2D eigenvalue weighted by Crippen LogP contribution is -2.56. The van der Waals surface area contributed by atoms with E-state index in [1.165, 1.54) is 4.57 Å². The van der Waals surface area contributed by atoms with Crippen molar-refractivity contribution >= 4 is 28.4 Å². The van der Waals surface area contributed by atoms with Gasteiger partial charge in [0.15, 0.2) is 0 Å². The Bertz CT molecular complexity index is 1170. The summed E-state index contributed by atoms with van der Waals surface area (Å²) in [4.78, 5) is 47.0. The molecule has 36 heavy (non-hydrogen) atoms. The summed E-state index contributed by atoms with van der Waals surface area (Å²) in [5.41, 5.74) is 0.939. The molecule has 0 saturated carbocycles. The third-order valence-electron chi connectivity index (χ3n) is 7.29. The average Bonchev–Trinajstić information content (AvgIpc) is 2.82. The molecule has 5 rings (SSSR count). The van der Waals surface area contributed by atoms with Gasteiger partial charge in [0.25, 0.3) is 5.56 Å². The topological polar surface area (TPSA) is 118 Å². The third kappa shape index (κ3) is 5.29. The lowest BCUT2D eigenvalue weighted by atomic mass is 10.1. The number of piperidine rings is 1. The lowest BCUT2D eigenvalue weighted by Gasteiger charge is -2.42. The first-order chi connectivity index (χ1) is 17.5. The summed E-state index contributed by atoms with van der Waals surface area (Å²) in [6, 6.07) is 5.34. The molecule has 3 aliphatic rings. The van der Waals surface area contributed by atoms with E-state index in [2.05, 4.69) is 25.4 Å². The monoisotopic (exact) mass is 498 g/mol. The first-order valence-electron chi connectivity index (χ1n) is 12.7. The zero-order chi connectivity index (χ0) is 25.1. The van der Waals surface area contributed by atoms with Gasteiger partial charge in [0, 0.05) is 51.4 Å². The molecule has 2 N–H and O–H groups in total. The highest BCUT2D eigenvalue weighted by Crippen LogP contribution is 2.23. The Labute approximate surface area is 209 Å². The summed E-state index contributed by atoms with van der Waals surface area (Å²) in [6.45, 7) is 10.3. The first kappa shape index (κ1) is 24.8. The maximum atomic E-state index is 13.5. The number of nitrogens with zero attached hydrogens (tertiary/aromatic N) is 4. The number of piperazine rings is 1. The highest BCUT2D eigenvalue weighted by molar-refractivity contribution is 5.99. The van der Waals surface area contributed by atoms with E-state index in [1.54, 1.807) is 13.0 Å². The molecule has 0 spiro atoms. The van der Waals surface area contributed by atoms with Gasteiger partial charge in [-0.05, 0) is 25.5 Å². The molecular weight excluding hydrogens is 464 g/mol. The number of aryl methyl sites for hydroxylation is 1. The molecule has 3 fully saturated rings. The molecule has 3 aliphatic heterocycles. The number of rotatable bonds is 9. The van der Waals surface area contributed by atoms with Gasteiger partial charge in [-0.15, -0.1) is 0 Å². The van der Waals surface area contributed by atoms with Gasteiger partial charge >= 0.3 is 0 Å². The van der Waals surface area contributed by atoms with E-state index in [-0.39, 0.29) is 24.3 Å². The molecule has 194 valence electrons. The van der Waals surface area contributed by atoms with Crippen LogP contribution in [0.1, 0.15) is 24.7 Å². The molecule has 1 aromatic carbocycles. The van der Waals surface area contributed by atoms with Crippen molar-refractivity contribution in [2.75, 3.05) is 71.0 Å². The van der Waals surface area contributed by atoms with E-state index in [9.17, 15) is 14.4 Å². The number of hydrogen-bond acceptors (Lipinski definition) is 9. The Morgan fingerprint density at radius 3 is 2.67 bits per heavy atom. The van der Waals surface area contributed by atoms with Crippen molar-refractivity contribution in [2.24, 2.45) is 0 Å². The highest BCUT2D eigenvalue weighted by atomic mass is 16.5. The molecule has 1 aromatic heterocycles. The predicted molar refractivity (Wildman–Crippen MR) is 134 cm³/mol. The van der Waals surface area contributed by atoms with Crippen LogP contribution < -0.4 is 16.2 Å². The van der Waals surface area contributed by atoms with Crippen LogP contribution in [0.4, 0.5) is 5.69 Å². The molecule has 2 amide bonds. The van der Waals surface area contributed by atoms with E-state index in [4.69, 9.17) is 9.47 Å². The van der Waals surface area contributed by atoms with E-state index in [0.717, 1.165) is 45.9 Å². The quantitative estimate of drug-likeness (QED) is 0.367. The minimum atomic E-state index is -0.743. The van der Waals surface area contributed by atoms with Crippen LogP contribution in [0, 0.1) is 6.92 Å². The number of aromatic nitrogens is 2. The average molecular weight is 499 g/mol. The molecular formula is C25H34N6O5. The number of carbonyl (C=O) groups is 2. The van der Waals surface area contributed by atoms with Crippen molar-refractivity contribution in [1.82, 2.24) is 24.7 Å². The molecule has 11 heteroatoms. The molecule has 4 heterocycles. The smallest absolute Gasteiger partial charge is 0.264 e.